The molecular formula is C31H39N5. The molecule has 2 aromatic carbocycles. The quantitative estimate of drug-likeness (QED) is 0.322. The first-order valence-corrected chi connectivity index (χ1v) is 13.1. The van der Waals surface area contributed by atoms with Gasteiger partial charge in [0, 0.05) is 66.0 Å². The molecule has 0 saturated carbocycles. The highest BCUT2D eigenvalue weighted by Gasteiger charge is 2.23. The number of fused-ring (bicyclic) bond motifs is 3. The van der Waals surface area contributed by atoms with Gasteiger partial charge in [0.2, 0.25) is 0 Å². The van der Waals surface area contributed by atoms with Gasteiger partial charge in [0.25, 0.3) is 0 Å². The van der Waals surface area contributed by atoms with E-state index in [9.17, 15) is 0 Å². The number of nitrogen functional groups attached to an aromatic ring is 1. The van der Waals surface area contributed by atoms with Crippen LogP contribution in [0.3, 0.4) is 0 Å². The zero-order valence-electron chi connectivity index (χ0n) is 22.0. The van der Waals surface area contributed by atoms with Gasteiger partial charge >= 0.3 is 0 Å². The second kappa shape index (κ2) is 11.0. The summed E-state index contributed by atoms with van der Waals surface area (Å²) in [5, 5.41) is 8.93. The van der Waals surface area contributed by atoms with Gasteiger partial charge in [-0.2, -0.15) is 0 Å². The smallest absolute Gasteiger partial charge is 0.0744 e. The van der Waals surface area contributed by atoms with Gasteiger partial charge in [-0.1, -0.05) is 57.7 Å². The molecule has 1 aliphatic carbocycles. The van der Waals surface area contributed by atoms with Gasteiger partial charge in [-0.25, -0.2) is 4.98 Å². The van der Waals surface area contributed by atoms with Crippen molar-refractivity contribution in [2.75, 3.05) is 31.9 Å². The summed E-state index contributed by atoms with van der Waals surface area (Å²) in [7, 11) is 0. The van der Waals surface area contributed by atoms with Crippen LogP contribution >= 0.6 is 0 Å². The molecule has 1 fully saturated rings. The monoisotopic (exact) mass is 481 g/mol. The molecular weight excluding hydrogens is 442 g/mol. The number of rotatable bonds is 5. The van der Waals surface area contributed by atoms with Gasteiger partial charge in [0.15, 0.2) is 0 Å². The Morgan fingerprint density at radius 1 is 0.972 bits per heavy atom. The van der Waals surface area contributed by atoms with Crippen LogP contribution in [-0.2, 0) is 12.8 Å². The highest BCUT2D eigenvalue weighted by Crippen LogP contribution is 2.38. The molecule has 1 aromatic heterocycles. The summed E-state index contributed by atoms with van der Waals surface area (Å²) in [5.74, 6) is 0. The van der Waals surface area contributed by atoms with E-state index in [-0.39, 0.29) is 0 Å². The van der Waals surface area contributed by atoms with Gasteiger partial charge in [0.1, 0.15) is 0 Å². The van der Waals surface area contributed by atoms with Gasteiger partial charge < -0.3 is 20.9 Å². The number of nitrogens with two attached hydrogens (primary N) is 1. The lowest BCUT2D eigenvalue weighted by Crippen LogP contribution is -2.44. The minimum Gasteiger partial charge on any atom is -0.398 e. The summed E-state index contributed by atoms with van der Waals surface area (Å²) >= 11 is 0. The van der Waals surface area contributed by atoms with Crippen molar-refractivity contribution in [2.24, 2.45) is 0 Å². The second-order valence-electron chi connectivity index (χ2n) is 9.82. The molecule has 0 spiro atoms. The van der Waals surface area contributed by atoms with Crippen LogP contribution < -0.4 is 5.73 Å². The maximum atomic E-state index is 7.88. The van der Waals surface area contributed by atoms with Crippen molar-refractivity contribution in [3.63, 3.8) is 0 Å². The molecule has 3 aromatic rings. The topological polar surface area (TPSA) is 69.2 Å². The van der Waals surface area contributed by atoms with Crippen LogP contribution in [0.2, 0.25) is 0 Å². The van der Waals surface area contributed by atoms with Crippen molar-refractivity contribution in [2.45, 2.75) is 46.5 Å². The fraction of sp³-hybridized carbons (Fsp3) is 0.355. The number of aromatic nitrogens is 1. The number of nitrogens with zero attached hydrogens (tertiary/aromatic N) is 3. The molecule has 0 radical (unpaired) electrons. The highest BCUT2D eigenvalue weighted by molar-refractivity contribution is 6.05. The standard InChI is InChI=1S/C28H31N5.C3H8/c1-18(2)32-13-15-33(16-14-32)19(3)20-7-9-21(10-8-20)28-23-6-4-5-22(23)27-24(17-29)25(30)11-12-26(27)31-28;1-3-2/h7-12,17,29H,1,3-6,13-16,30H2,2H3;3H2,1-2H3. The maximum Gasteiger partial charge on any atom is 0.0744 e. The average molecular weight is 482 g/mol. The molecule has 0 atom stereocenters. The average Bonchev–Trinajstić information content (AvgIpc) is 3.39. The summed E-state index contributed by atoms with van der Waals surface area (Å²) in [6, 6.07) is 12.5. The van der Waals surface area contributed by atoms with Crippen LogP contribution in [0.4, 0.5) is 5.69 Å². The van der Waals surface area contributed by atoms with Gasteiger partial charge in [-0.05, 0) is 55.0 Å². The molecule has 0 bridgehead atoms. The number of hydrogen-bond acceptors (Lipinski definition) is 5. The van der Waals surface area contributed by atoms with Crippen molar-refractivity contribution in [3.8, 4) is 11.3 Å². The first-order valence-electron chi connectivity index (χ1n) is 13.1. The van der Waals surface area contributed by atoms with Crippen LogP contribution in [-0.4, -0.2) is 47.2 Å². The molecule has 2 aliphatic rings. The Bertz CT molecular complexity index is 1280. The Morgan fingerprint density at radius 2 is 1.58 bits per heavy atom. The lowest BCUT2D eigenvalue weighted by atomic mass is 9.95. The van der Waals surface area contributed by atoms with E-state index in [0.29, 0.717) is 5.69 Å². The molecule has 1 saturated heterocycles. The lowest BCUT2D eigenvalue weighted by Gasteiger charge is -2.38. The Morgan fingerprint density at radius 3 is 2.19 bits per heavy atom. The molecule has 188 valence electrons. The number of hydrogen-bond donors (Lipinski definition) is 2. The molecule has 1 aliphatic heterocycles. The molecule has 3 N–H and O–H groups in total. The summed E-state index contributed by atoms with van der Waals surface area (Å²) in [5.41, 5.74) is 16.7. The van der Waals surface area contributed by atoms with Crippen molar-refractivity contribution < 1.29 is 0 Å². The molecule has 5 heteroatoms. The fourth-order valence-electron chi connectivity index (χ4n) is 5.26. The van der Waals surface area contributed by atoms with Crippen molar-refractivity contribution in [3.05, 3.63) is 77.5 Å². The van der Waals surface area contributed by atoms with Gasteiger partial charge in [-0.15, -0.1) is 0 Å². The van der Waals surface area contributed by atoms with E-state index in [1.807, 2.05) is 12.1 Å². The minimum atomic E-state index is 0.646. The van der Waals surface area contributed by atoms with E-state index in [2.05, 4.69) is 68.0 Å². The molecule has 2 heterocycles. The van der Waals surface area contributed by atoms with E-state index in [1.165, 1.54) is 23.8 Å². The molecule has 5 rings (SSSR count). The van der Waals surface area contributed by atoms with Crippen LogP contribution in [0.5, 0.6) is 0 Å². The summed E-state index contributed by atoms with van der Waals surface area (Å²) in [4.78, 5) is 9.75. The van der Waals surface area contributed by atoms with Crippen LogP contribution in [0.1, 0.15) is 55.9 Å². The maximum absolute atomic E-state index is 7.88. The lowest BCUT2D eigenvalue weighted by molar-refractivity contribution is 0.215. The number of pyridine rings is 1. The number of nitrogens with one attached hydrogen (secondary N) is 1. The largest absolute Gasteiger partial charge is 0.398 e. The van der Waals surface area contributed by atoms with Crippen LogP contribution in [0.25, 0.3) is 27.9 Å². The summed E-state index contributed by atoms with van der Waals surface area (Å²) < 4.78 is 0. The molecule has 36 heavy (non-hydrogen) atoms. The number of benzene rings is 2. The van der Waals surface area contributed by atoms with Crippen LogP contribution in [0, 0.1) is 5.41 Å². The van der Waals surface area contributed by atoms with E-state index >= 15 is 0 Å². The van der Waals surface area contributed by atoms with Crippen LogP contribution in [0.15, 0.2) is 55.3 Å². The highest BCUT2D eigenvalue weighted by atomic mass is 15.3. The molecule has 0 unspecified atom stereocenters. The Hall–Kier alpha value is -3.60. The third-order valence-electron chi connectivity index (χ3n) is 7.13. The third kappa shape index (κ3) is 4.88. The third-order valence-corrected chi connectivity index (χ3v) is 7.13. The van der Waals surface area contributed by atoms with E-state index < -0.39 is 0 Å². The van der Waals surface area contributed by atoms with Gasteiger partial charge in [-0.3, -0.25) is 0 Å². The van der Waals surface area contributed by atoms with Crippen molar-refractivity contribution in [1.29, 1.82) is 5.41 Å². The first kappa shape index (κ1) is 25.5. The summed E-state index contributed by atoms with van der Waals surface area (Å²) in [6.07, 6.45) is 5.76. The zero-order chi connectivity index (χ0) is 25.8. The fourth-order valence-corrected chi connectivity index (χ4v) is 5.26. The van der Waals surface area contributed by atoms with Gasteiger partial charge in [0.05, 0.1) is 11.2 Å². The van der Waals surface area contributed by atoms with Crippen molar-refractivity contribution >= 4 is 28.5 Å². The number of aryl methyl sites for hydroxylation is 1. The van der Waals surface area contributed by atoms with E-state index in [4.69, 9.17) is 16.1 Å². The minimum absolute atomic E-state index is 0.646. The number of anilines is 1. The Labute approximate surface area is 215 Å². The predicted octanol–water partition coefficient (Wildman–Crippen LogP) is 6.51. The number of piperazine rings is 1. The Kier molecular flexibility index (Phi) is 7.78. The zero-order valence-corrected chi connectivity index (χ0v) is 22.0. The predicted molar refractivity (Wildman–Crippen MR) is 154 cm³/mol. The normalized spacial score (nSPS) is 14.8. The van der Waals surface area contributed by atoms with Crippen molar-refractivity contribution in [1.82, 2.24) is 14.8 Å². The second-order valence-corrected chi connectivity index (χ2v) is 9.82. The molecule has 0 amide bonds. The van der Waals surface area contributed by atoms with E-state index in [0.717, 1.165) is 90.1 Å². The SMILES string of the molecule is C=C(C)N1CCN(C(=C)c2ccc(-c3nc4ccc(N)c(C=N)c4c4c3CCC4)cc2)CC1.CCC. The number of allylic oxidation sites excluding steroid dienone is 1. The van der Waals surface area contributed by atoms with E-state index in [1.54, 1.807) is 0 Å². The Balaban J connectivity index is 0.000000967. The molecule has 5 nitrogen and oxygen atoms in total. The first-order chi connectivity index (χ1) is 17.4. The summed E-state index contributed by atoms with van der Waals surface area (Å²) in [6.45, 7) is 18.7.